The normalized spacial score (nSPS) is 10.9. The molecule has 0 amide bonds. The summed E-state index contributed by atoms with van der Waals surface area (Å²) in [5.74, 6) is -0.412. The zero-order valence-electron chi connectivity index (χ0n) is 13.4. The van der Waals surface area contributed by atoms with Crippen molar-refractivity contribution in [1.82, 2.24) is 9.55 Å². The Balaban J connectivity index is 1.85. The van der Waals surface area contributed by atoms with Gasteiger partial charge in [-0.1, -0.05) is 43.7 Å². The fourth-order valence-electron chi connectivity index (χ4n) is 2.33. The molecule has 2 aromatic heterocycles. The van der Waals surface area contributed by atoms with Crippen LogP contribution < -0.4 is 5.56 Å². The largest absolute Gasteiger partial charge is 0.464 e. The Morgan fingerprint density at radius 3 is 2.83 bits per heavy atom. The number of carbonyl (C=O) groups is 1. The van der Waals surface area contributed by atoms with Gasteiger partial charge in [0, 0.05) is 4.88 Å². The van der Waals surface area contributed by atoms with Crippen molar-refractivity contribution in [2.24, 2.45) is 0 Å². The van der Waals surface area contributed by atoms with Gasteiger partial charge in [0.1, 0.15) is 11.4 Å². The van der Waals surface area contributed by atoms with Crippen molar-refractivity contribution < 1.29 is 9.53 Å². The maximum Gasteiger partial charge on any atom is 0.326 e. The Morgan fingerprint density at radius 1 is 1.29 bits per heavy atom. The minimum absolute atomic E-state index is 0.109. The molecule has 1 aromatic carbocycles. The van der Waals surface area contributed by atoms with Crippen LogP contribution in [0.5, 0.6) is 0 Å². The average Bonchev–Trinajstić information content (AvgIpc) is 3.04. The molecule has 24 heavy (non-hydrogen) atoms. The van der Waals surface area contributed by atoms with Crippen molar-refractivity contribution in [3.05, 3.63) is 53.1 Å². The summed E-state index contributed by atoms with van der Waals surface area (Å²) in [4.78, 5) is 30.3. The SMILES string of the molecule is CCCCOC(=O)Cn1cnc2sc(-c3ccccc3)cc2c1=O. The summed E-state index contributed by atoms with van der Waals surface area (Å²) in [7, 11) is 0. The molecule has 3 rings (SSSR count). The Morgan fingerprint density at radius 2 is 2.08 bits per heavy atom. The molecule has 0 fully saturated rings. The average molecular weight is 342 g/mol. The number of rotatable bonds is 6. The fraction of sp³-hybridized carbons (Fsp3) is 0.278. The first-order valence-electron chi connectivity index (χ1n) is 7.89. The van der Waals surface area contributed by atoms with Crippen molar-refractivity contribution in [3.8, 4) is 10.4 Å². The lowest BCUT2D eigenvalue weighted by Gasteiger charge is -2.05. The lowest BCUT2D eigenvalue weighted by atomic mass is 10.2. The van der Waals surface area contributed by atoms with Gasteiger partial charge in [-0.3, -0.25) is 14.2 Å². The molecule has 6 heteroatoms. The van der Waals surface area contributed by atoms with E-state index < -0.39 is 5.97 Å². The molecule has 0 bridgehead atoms. The van der Waals surface area contributed by atoms with E-state index >= 15 is 0 Å². The van der Waals surface area contributed by atoms with Crippen LogP contribution in [0.3, 0.4) is 0 Å². The van der Waals surface area contributed by atoms with E-state index in [4.69, 9.17) is 4.74 Å². The molecular formula is C18H18N2O3S. The summed E-state index contributed by atoms with van der Waals surface area (Å²) in [5, 5.41) is 0.530. The highest BCUT2D eigenvalue weighted by atomic mass is 32.1. The van der Waals surface area contributed by atoms with Crippen LogP contribution in [0.15, 0.2) is 47.5 Å². The summed E-state index contributed by atoms with van der Waals surface area (Å²) >= 11 is 1.47. The summed E-state index contributed by atoms with van der Waals surface area (Å²) in [6, 6.07) is 11.7. The molecule has 0 aliphatic rings. The summed E-state index contributed by atoms with van der Waals surface area (Å²) < 4.78 is 6.41. The fourth-order valence-corrected chi connectivity index (χ4v) is 3.33. The van der Waals surface area contributed by atoms with Crippen molar-refractivity contribution >= 4 is 27.5 Å². The standard InChI is InChI=1S/C18H18N2O3S/c1-2-3-9-23-16(21)11-20-12-19-17-14(18(20)22)10-15(24-17)13-7-5-4-6-8-13/h4-8,10,12H,2-3,9,11H2,1H3. The molecule has 0 saturated carbocycles. The number of carbonyl (C=O) groups excluding carboxylic acids is 1. The molecule has 0 aliphatic carbocycles. The number of hydrogen-bond acceptors (Lipinski definition) is 5. The van der Waals surface area contributed by atoms with Crippen molar-refractivity contribution in [2.45, 2.75) is 26.3 Å². The van der Waals surface area contributed by atoms with Crippen LogP contribution in [0, 0.1) is 0 Å². The van der Waals surface area contributed by atoms with Crippen molar-refractivity contribution in [2.75, 3.05) is 6.61 Å². The Kier molecular flexibility index (Phi) is 5.05. The minimum atomic E-state index is -0.412. The number of thiophene rings is 1. The number of nitrogens with zero attached hydrogens (tertiary/aromatic N) is 2. The zero-order chi connectivity index (χ0) is 16.9. The highest BCUT2D eigenvalue weighted by Gasteiger charge is 2.12. The summed E-state index contributed by atoms with van der Waals surface area (Å²) in [6.07, 6.45) is 3.19. The van der Waals surface area contributed by atoms with Crippen LogP contribution in [-0.4, -0.2) is 22.1 Å². The second kappa shape index (κ2) is 7.40. The van der Waals surface area contributed by atoms with Crippen LogP contribution in [-0.2, 0) is 16.1 Å². The Labute approximate surface area is 143 Å². The first-order valence-corrected chi connectivity index (χ1v) is 8.70. The van der Waals surface area contributed by atoms with Gasteiger partial charge in [-0.2, -0.15) is 0 Å². The molecule has 3 aromatic rings. The van der Waals surface area contributed by atoms with Gasteiger partial charge >= 0.3 is 5.97 Å². The van der Waals surface area contributed by atoms with Crippen LogP contribution in [0.2, 0.25) is 0 Å². The van der Waals surface area contributed by atoms with Crippen LogP contribution in [0.4, 0.5) is 0 Å². The number of hydrogen-bond donors (Lipinski definition) is 0. The van der Waals surface area contributed by atoms with Gasteiger partial charge in [-0.25, -0.2) is 4.98 Å². The van der Waals surface area contributed by atoms with E-state index in [0.29, 0.717) is 16.8 Å². The summed E-state index contributed by atoms with van der Waals surface area (Å²) in [5.41, 5.74) is 0.830. The van der Waals surface area contributed by atoms with Gasteiger partial charge in [-0.15, -0.1) is 11.3 Å². The van der Waals surface area contributed by atoms with Gasteiger partial charge in [-0.05, 0) is 18.1 Å². The number of unbranched alkanes of at least 4 members (excludes halogenated alkanes) is 1. The number of fused-ring (bicyclic) bond motifs is 1. The van der Waals surface area contributed by atoms with Crippen LogP contribution >= 0.6 is 11.3 Å². The van der Waals surface area contributed by atoms with Crippen molar-refractivity contribution in [3.63, 3.8) is 0 Å². The molecule has 2 heterocycles. The van der Waals surface area contributed by atoms with E-state index in [2.05, 4.69) is 4.98 Å². The van der Waals surface area contributed by atoms with E-state index in [1.165, 1.54) is 22.2 Å². The van der Waals surface area contributed by atoms with Crippen LogP contribution in [0.1, 0.15) is 19.8 Å². The number of ether oxygens (including phenoxy) is 1. The van der Waals surface area contributed by atoms with Gasteiger partial charge in [0.15, 0.2) is 0 Å². The monoisotopic (exact) mass is 342 g/mol. The molecule has 0 radical (unpaired) electrons. The number of aromatic nitrogens is 2. The number of benzene rings is 1. The zero-order valence-corrected chi connectivity index (χ0v) is 14.2. The molecule has 0 atom stereocenters. The number of esters is 1. The highest BCUT2D eigenvalue weighted by molar-refractivity contribution is 7.21. The van der Waals surface area contributed by atoms with Gasteiger partial charge in [0.05, 0.1) is 18.3 Å². The topological polar surface area (TPSA) is 61.2 Å². The van der Waals surface area contributed by atoms with E-state index in [-0.39, 0.29) is 12.1 Å². The molecule has 5 nitrogen and oxygen atoms in total. The van der Waals surface area contributed by atoms with E-state index in [1.54, 1.807) is 0 Å². The lowest BCUT2D eigenvalue weighted by molar-refractivity contribution is -0.144. The van der Waals surface area contributed by atoms with Gasteiger partial charge in [0.2, 0.25) is 0 Å². The van der Waals surface area contributed by atoms with Gasteiger partial charge in [0.25, 0.3) is 5.56 Å². The molecule has 0 saturated heterocycles. The molecule has 0 aliphatic heterocycles. The van der Waals surface area contributed by atoms with Gasteiger partial charge < -0.3 is 4.74 Å². The third kappa shape index (κ3) is 3.54. The first-order chi connectivity index (χ1) is 11.7. The van der Waals surface area contributed by atoms with Crippen molar-refractivity contribution in [1.29, 1.82) is 0 Å². The Bertz CT molecular complexity index is 900. The second-order valence-electron chi connectivity index (χ2n) is 5.45. The first kappa shape index (κ1) is 16.4. The highest BCUT2D eigenvalue weighted by Crippen LogP contribution is 2.30. The molecule has 0 N–H and O–H groups in total. The predicted molar refractivity (Wildman–Crippen MR) is 95.2 cm³/mol. The van der Waals surface area contributed by atoms with Crippen LogP contribution in [0.25, 0.3) is 20.7 Å². The second-order valence-corrected chi connectivity index (χ2v) is 6.48. The predicted octanol–water partition coefficient (Wildman–Crippen LogP) is 3.47. The molecule has 124 valence electrons. The quantitative estimate of drug-likeness (QED) is 0.508. The Hall–Kier alpha value is -2.47. The molecular weight excluding hydrogens is 324 g/mol. The third-order valence-corrected chi connectivity index (χ3v) is 4.73. The molecule has 0 unspecified atom stereocenters. The smallest absolute Gasteiger partial charge is 0.326 e. The maximum atomic E-state index is 12.6. The van der Waals surface area contributed by atoms with E-state index in [1.807, 2.05) is 43.3 Å². The third-order valence-electron chi connectivity index (χ3n) is 3.64. The maximum absolute atomic E-state index is 12.6. The minimum Gasteiger partial charge on any atom is -0.464 e. The van der Waals surface area contributed by atoms with E-state index in [0.717, 1.165) is 23.3 Å². The summed E-state index contributed by atoms with van der Waals surface area (Å²) in [6.45, 7) is 2.30. The molecule has 0 spiro atoms. The van der Waals surface area contributed by atoms with E-state index in [9.17, 15) is 9.59 Å². The lowest BCUT2D eigenvalue weighted by Crippen LogP contribution is -2.25.